The van der Waals surface area contributed by atoms with Gasteiger partial charge in [-0.2, -0.15) is 0 Å². The molecule has 2 amide bonds. The van der Waals surface area contributed by atoms with Crippen molar-refractivity contribution >= 4 is 11.8 Å². The van der Waals surface area contributed by atoms with Gasteiger partial charge in [-0.05, 0) is 13.0 Å². The Hall–Kier alpha value is -1.92. The molecule has 0 radical (unpaired) electrons. The molecule has 108 valence electrons. The fourth-order valence-corrected chi connectivity index (χ4v) is 2.58. The summed E-state index contributed by atoms with van der Waals surface area (Å²) in [4.78, 5) is 24.9. The van der Waals surface area contributed by atoms with E-state index in [2.05, 4.69) is 5.32 Å². The second kappa shape index (κ2) is 6.02. The van der Waals surface area contributed by atoms with Gasteiger partial charge in [0.2, 0.25) is 11.8 Å². The lowest BCUT2D eigenvalue weighted by atomic mass is 9.97. The number of methoxy groups -OCH3 is 1. The maximum Gasteiger partial charge on any atom is 0.240 e. The summed E-state index contributed by atoms with van der Waals surface area (Å²) in [5.41, 5.74) is 6.96. The van der Waals surface area contributed by atoms with E-state index in [0.717, 1.165) is 5.56 Å². The molecule has 1 aromatic rings. The van der Waals surface area contributed by atoms with E-state index < -0.39 is 0 Å². The molecule has 0 bridgehead atoms. The molecule has 0 spiro atoms. The number of nitrogens with zero attached hydrogens (tertiary/aromatic N) is 1. The molecule has 1 saturated heterocycles. The average Bonchev–Trinajstić information content (AvgIpc) is 2.38. The van der Waals surface area contributed by atoms with Crippen molar-refractivity contribution in [1.82, 2.24) is 10.2 Å². The number of benzene rings is 1. The summed E-state index contributed by atoms with van der Waals surface area (Å²) in [7, 11) is 1.59. The van der Waals surface area contributed by atoms with Crippen LogP contribution in [-0.2, 0) is 9.59 Å². The number of hydrogen-bond acceptors (Lipinski definition) is 5. The van der Waals surface area contributed by atoms with Crippen LogP contribution < -0.4 is 15.8 Å². The Labute approximate surface area is 117 Å². The second-order valence-corrected chi connectivity index (χ2v) is 4.92. The topological polar surface area (TPSA) is 84.7 Å². The van der Waals surface area contributed by atoms with Crippen molar-refractivity contribution < 1.29 is 14.3 Å². The van der Waals surface area contributed by atoms with Crippen LogP contribution in [0.15, 0.2) is 24.3 Å². The van der Waals surface area contributed by atoms with Gasteiger partial charge in [0.25, 0.3) is 0 Å². The predicted molar refractivity (Wildman–Crippen MR) is 74.1 cm³/mol. The summed E-state index contributed by atoms with van der Waals surface area (Å²) in [6.45, 7) is 2.15. The van der Waals surface area contributed by atoms with Crippen LogP contribution in [0.4, 0.5) is 0 Å². The molecule has 2 rings (SSSR count). The van der Waals surface area contributed by atoms with Crippen LogP contribution in [0.3, 0.4) is 0 Å². The van der Waals surface area contributed by atoms with Crippen molar-refractivity contribution in [2.45, 2.75) is 19.0 Å². The first-order chi connectivity index (χ1) is 9.52. The molecule has 3 N–H and O–H groups in total. The zero-order valence-electron chi connectivity index (χ0n) is 11.6. The van der Waals surface area contributed by atoms with Crippen LogP contribution in [0.25, 0.3) is 0 Å². The van der Waals surface area contributed by atoms with E-state index in [0.29, 0.717) is 5.75 Å². The summed E-state index contributed by atoms with van der Waals surface area (Å²) < 4.78 is 5.35. The second-order valence-electron chi connectivity index (χ2n) is 4.92. The lowest BCUT2D eigenvalue weighted by molar-refractivity contribution is -0.137. The predicted octanol–water partition coefficient (Wildman–Crippen LogP) is 0.0419. The maximum atomic E-state index is 11.6. The normalized spacial score (nSPS) is 19.4. The zero-order valence-corrected chi connectivity index (χ0v) is 11.6. The number of carbonyl (C=O) groups excluding carboxylic acids is 2. The number of imide groups is 1. The molecule has 20 heavy (non-hydrogen) atoms. The lowest BCUT2D eigenvalue weighted by Gasteiger charge is -2.36. The molecule has 1 aromatic carbocycles. The summed E-state index contributed by atoms with van der Waals surface area (Å²) in [5.74, 6) is 0.0943. The van der Waals surface area contributed by atoms with Crippen LogP contribution >= 0.6 is 0 Å². The number of ether oxygens (including phenoxy) is 1. The Morgan fingerprint density at radius 1 is 1.25 bits per heavy atom. The van der Waals surface area contributed by atoms with Gasteiger partial charge in [-0.1, -0.05) is 18.2 Å². The first-order valence-electron chi connectivity index (χ1n) is 6.48. The van der Waals surface area contributed by atoms with Crippen LogP contribution in [0, 0.1) is 0 Å². The summed E-state index contributed by atoms with van der Waals surface area (Å²) in [6, 6.07) is 7.01. The molecule has 0 aromatic heterocycles. The van der Waals surface area contributed by atoms with E-state index in [1.54, 1.807) is 12.0 Å². The highest BCUT2D eigenvalue weighted by molar-refractivity contribution is 5.99. The Morgan fingerprint density at radius 3 is 2.40 bits per heavy atom. The third kappa shape index (κ3) is 2.97. The van der Waals surface area contributed by atoms with Gasteiger partial charge in [0.15, 0.2) is 0 Å². The minimum absolute atomic E-state index is 0.149. The third-order valence-electron chi connectivity index (χ3n) is 3.32. The van der Waals surface area contributed by atoms with Gasteiger partial charge in [0.1, 0.15) is 5.75 Å². The van der Waals surface area contributed by atoms with Gasteiger partial charge in [-0.3, -0.25) is 19.8 Å². The number of hydrogen-bond donors (Lipinski definition) is 2. The van der Waals surface area contributed by atoms with Gasteiger partial charge < -0.3 is 10.5 Å². The van der Waals surface area contributed by atoms with Crippen LogP contribution in [0.5, 0.6) is 5.75 Å². The van der Waals surface area contributed by atoms with Crippen molar-refractivity contribution in [3.63, 3.8) is 0 Å². The standard InChI is InChI=1S/C14H19N3O3/c1-9(15)14(10-5-3-4-6-11(10)20-2)17-7-12(18)16-13(19)8-17/h3-6,9,14H,7-8,15H2,1-2H3,(H,16,18,19). The van der Waals surface area contributed by atoms with Gasteiger partial charge in [-0.15, -0.1) is 0 Å². The number of rotatable bonds is 4. The molecule has 0 aliphatic carbocycles. The highest BCUT2D eigenvalue weighted by Crippen LogP contribution is 2.31. The Balaban J connectivity index is 2.36. The average molecular weight is 277 g/mol. The number of amides is 2. The molecule has 1 heterocycles. The van der Waals surface area contributed by atoms with E-state index in [4.69, 9.17) is 10.5 Å². The molecular formula is C14H19N3O3. The number of piperazine rings is 1. The highest BCUT2D eigenvalue weighted by atomic mass is 16.5. The van der Waals surface area contributed by atoms with Crippen LogP contribution in [0.2, 0.25) is 0 Å². The molecule has 0 saturated carbocycles. The van der Waals surface area contributed by atoms with Crippen LogP contribution in [0.1, 0.15) is 18.5 Å². The highest BCUT2D eigenvalue weighted by Gasteiger charge is 2.32. The first kappa shape index (κ1) is 14.5. The fourth-order valence-electron chi connectivity index (χ4n) is 2.58. The first-order valence-corrected chi connectivity index (χ1v) is 6.48. The zero-order chi connectivity index (χ0) is 14.7. The number of nitrogens with two attached hydrogens (primary N) is 1. The van der Waals surface area contributed by atoms with Crippen molar-refractivity contribution in [1.29, 1.82) is 0 Å². The van der Waals surface area contributed by atoms with Crippen molar-refractivity contribution in [2.24, 2.45) is 5.73 Å². The third-order valence-corrected chi connectivity index (χ3v) is 3.32. The molecule has 2 atom stereocenters. The van der Waals surface area contributed by atoms with Gasteiger partial charge in [-0.25, -0.2) is 0 Å². The van der Waals surface area contributed by atoms with Crippen LogP contribution in [-0.4, -0.2) is 43.0 Å². The molecule has 1 aliphatic heterocycles. The largest absolute Gasteiger partial charge is 0.496 e. The number of nitrogens with one attached hydrogen (secondary N) is 1. The number of para-hydroxylation sites is 1. The molecule has 6 heteroatoms. The van der Waals surface area contributed by atoms with E-state index in [-0.39, 0.29) is 37.0 Å². The molecule has 1 aliphatic rings. The minimum Gasteiger partial charge on any atom is -0.496 e. The Kier molecular flexibility index (Phi) is 4.36. The van der Waals surface area contributed by atoms with E-state index in [9.17, 15) is 9.59 Å². The number of carbonyl (C=O) groups is 2. The Bertz CT molecular complexity index is 500. The van der Waals surface area contributed by atoms with E-state index in [1.165, 1.54) is 0 Å². The molecule has 2 unspecified atom stereocenters. The maximum absolute atomic E-state index is 11.6. The van der Waals surface area contributed by atoms with Crippen molar-refractivity contribution in [3.8, 4) is 5.75 Å². The SMILES string of the molecule is COc1ccccc1C(C(C)N)N1CC(=O)NC(=O)C1. The smallest absolute Gasteiger partial charge is 0.240 e. The van der Waals surface area contributed by atoms with Crippen molar-refractivity contribution in [3.05, 3.63) is 29.8 Å². The molecular weight excluding hydrogens is 258 g/mol. The quantitative estimate of drug-likeness (QED) is 0.759. The van der Waals surface area contributed by atoms with Gasteiger partial charge >= 0.3 is 0 Å². The summed E-state index contributed by atoms with van der Waals surface area (Å²) >= 11 is 0. The molecule has 6 nitrogen and oxygen atoms in total. The summed E-state index contributed by atoms with van der Waals surface area (Å²) in [6.07, 6.45) is 0. The Morgan fingerprint density at radius 2 is 1.85 bits per heavy atom. The summed E-state index contributed by atoms with van der Waals surface area (Å²) in [5, 5.41) is 2.29. The van der Waals surface area contributed by atoms with E-state index >= 15 is 0 Å². The monoisotopic (exact) mass is 277 g/mol. The van der Waals surface area contributed by atoms with Gasteiger partial charge in [0, 0.05) is 11.6 Å². The minimum atomic E-state index is -0.304. The lowest BCUT2D eigenvalue weighted by Crippen LogP contribution is -2.54. The molecule has 1 fully saturated rings. The van der Waals surface area contributed by atoms with Crippen molar-refractivity contribution in [2.75, 3.05) is 20.2 Å². The van der Waals surface area contributed by atoms with Gasteiger partial charge in [0.05, 0.1) is 26.2 Å². The fraction of sp³-hybridized carbons (Fsp3) is 0.429. The van der Waals surface area contributed by atoms with E-state index in [1.807, 2.05) is 31.2 Å².